The summed E-state index contributed by atoms with van der Waals surface area (Å²) >= 11 is 3.47. The van der Waals surface area contributed by atoms with Crippen molar-refractivity contribution in [2.75, 3.05) is 11.9 Å². The van der Waals surface area contributed by atoms with Crippen LogP contribution in [-0.4, -0.2) is 7.05 Å². The summed E-state index contributed by atoms with van der Waals surface area (Å²) in [6.07, 6.45) is 1.66. The molecule has 86 valence electrons. The molecule has 0 N–H and O–H groups in total. The molecule has 0 bridgehead atoms. The molecule has 0 spiro atoms. The third-order valence-corrected chi connectivity index (χ3v) is 3.10. The van der Waals surface area contributed by atoms with E-state index in [1.54, 1.807) is 12.3 Å². The predicted octanol–water partition coefficient (Wildman–Crippen LogP) is 3.55. The first-order valence-corrected chi connectivity index (χ1v) is 5.93. The summed E-state index contributed by atoms with van der Waals surface area (Å²) in [7, 11) is 1.98. The summed E-state index contributed by atoms with van der Waals surface area (Å²) in [5.41, 5.74) is 1.67. The van der Waals surface area contributed by atoms with E-state index in [2.05, 4.69) is 26.9 Å². The molecule has 17 heavy (non-hydrogen) atoms. The number of halogens is 1. The first kappa shape index (κ1) is 11.7. The highest BCUT2D eigenvalue weighted by Gasteiger charge is 2.08. The van der Waals surface area contributed by atoms with Crippen molar-refractivity contribution >= 4 is 21.6 Å². The maximum Gasteiger partial charge on any atom is 0.123 e. The van der Waals surface area contributed by atoms with Gasteiger partial charge in [0, 0.05) is 11.5 Å². The van der Waals surface area contributed by atoms with Gasteiger partial charge in [-0.2, -0.15) is 5.26 Å². The first-order valence-electron chi connectivity index (χ1n) is 5.14. The van der Waals surface area contributed by atoms with E-state index < -0.39 is 0 Å². The van der Waals surface area contributed by atoms with Crippen LogP contribution in [0.3, 0.4) is 0 Å². The van der Waals surface area contributed by atoms with Crippen LogP contribution in [0.4, 0.5) is 5.69 Å². The van der Waals surface area contributed by atoms with Gasteiger partial charge in [-0.25, -0.2) is 0 Å². The van der Waals surface area contributed by atoms with Gasteiger partial charge in [-0.3, -0.25) is 0 Å². The van der Waals surface area contributed by atoms with Gasteiger partial charge in [-0.05, 0) is 46.3 Å². The molecule has 0 aliphatic heterocycles. The van der Waals surface area contributed by atoms with Crippen molar-refractivity contribution in [2.24, 2.45) is 0 Å². The number of hydrogen-bond acceptors (Lipinski definition) is 3. The van der Waals surface area contributed by atoms with Crippen LogP contribution in [0.1, 0.15) is 11.3 Å². The van der Waals surface area contributed by atoms with Gasteiger partial charge in [0.2, 0.25) is 0 Å². The number of nitriles is 1. The molecule has 2 rings (SSSR count). The molecule has 0 saturated carbocycles. The summed E-state index contributed by atoms with van der Waals surface area (Å²) in [5, 5.41) is 8.80. The molecule has 0 amide bonds. The Morgan fingerprint density at radius 2 is 2.24 bits per heavy atom. The molecule has 1 aromatic heterocycles. The van der Waals surface area contributed by atoms with Gasteiger partial charge < -0.3 is 9.32 Å². The summed E-state index contributed by atoms with van der Waals surface area (Å²) in [4.78, 5) is 2.06. The SMILES string of the molecule is CN(Cc1ccco1)c1ccc(C#N)cc1Br. The van der Waals surface area contributed by atoms with Crippen LogP contribution in [0.15, 0.2) is 45.5 Å². The molecule has 0 aliphatic carbocycles. The van der Waals surface area contributed by atoms with E-state index in [9.17, 15) is 0 Å². The smallest absolute Gasteiger partial charge is 0.123 e. The highest BCUT2D eigenvalue weighted by molar-refractivity contribution is 9.10. The van der Waals surface area contributed by atoms with Crippen LogP contribution < -0.4 is 4.90 Å². The monoisotopic (exact) mass is 290 g/mol. The number of hydrogen-bond donors (Lipinski definition) is 0. The normalized spacial score (nSPS) is 9.94. The lowest BCUT2D eigenvalue weighted by Gasteiger charge is -2.19. The predicted molar refractivity (Wildman–Crippen MR) is 69.7 cm³/mol. The Balaban J connectivity index is 2.20. The molecule has 0 unspecified atom stereocenters. The minimum absolute atomic E-state index is 0.645. The second-order valence-corrected chi connectivity index (χ2v) is 4.57. The second-order valence-electron chi connectivity index (χ2n) is 3.71. The van der Waals surface area contributed by atoms with Crippen LogP contribution in [0, 0.1) is 11.3 Å². The van der Waals surface area contributed by atoms with Crippen molar-refractivity contribution in [1.29, 1.82) is 5.26 Å². The van der Waals surface area contributed by atoms with Crippen molar-refractivity contribution in [3.63, 3.8) is 0 Å². The van der Waals surface area contributed by atoms with Crippen molar-refractivity contribution in [3.8, 4) is 6.07 Å². The average molecular weight is 291 g/mol. The fourth-order valence-electron chi connectivity index (χ4n) is 1.61. The number of anilines is 1. The Kier molecular flexibility index (Phi) is 3.50. The van der Waals surface area contributed by atoms with Gasteiger partial charge in [0.1, 0.15) is 5.76 Å². The Morgan fingerprint density at radius 1 is 1.41 bits per heavy atom. The highest BCUT2D eigenvalue weighted by atomic mass is 79.9. The molecule has 0 fully saturated rings. The first-order chi connectivity index (χ1) is 8.20. The number of rotatable bonds is 3. The molecule has 1 aromatic carbocycles. The molecule has 2 aromatic rings. The van der Waals surface area contributed by atoms with E-state index in [1.807, 2.05) is 31.3 Å². The summed E-state index contributed by atoms with van der Waals surface area (Å²) in [6, 6.07) is 11.5. The zero-order chi connectivity index (χ0) is 12.3. The number of benzene rings is 1. The second kappa shape index (κ2) is 5.07. The van der Waals surface area contributed by atoms with Crippen molar-refractivity contribution in [3.05, 3.63) is 52.4 Å². The molecule has 0 radical (unpaired) electrons. The summed E-state index contributed by atoms with van der Waals surface area (Å²) < 4.78 is 6.21. The lowest BCUT2D eigenvalue weighted by atomic mass is 10.2. The Morgan fingerprint density at radius 3 is 2.82 bits per heavy atom. The standard InChI is InChI=1S/C13H11BrN2O/c1-16(9-11-3-2-6-17-11)13-5-4-10(8-15)7-12(13)14/h2-7H,9H2,1H3. The molecule has 1 heterocycles. The Labute approximate surface area is 108 Å². The van der Waals surface area contributed by atoms with E-state index in [4.69, 9.17) is 9.68 Å². The van der Waals surface area contributed by atoms with E-state index in [0.717, 1.165) is 15.9 Å². The average Bonchev–Trinajstić information content (AvgIpc) is 2.81. The van der Waals surface area contributed by atoms with Gasteiger partial charge in [0.15, 0.2) is 0 Å². The van der Waals surface area contributed by atoms with E-state index in [0.29, 0.717) is 12.1 Å². The van der Waals surface area contributed by atoms with Crippen molar-refractivity contribution in [1.82, 2.24) is 0 Å². The largest absolute Gasteiger partial charge is 0.467 e. The third kappa shape index (κ3) is 2.69. The summed E-state index contributed by atoms with van der Waals surface area (Å²) in [5.74, 6) is 0.906. The van der Waals surface area contributed by atoms with Crippen LogP contribution in [-0.2, 0) is 6.54 Å². The number of furan rings is 1. The van der Waals surface area contributed by atoms with Gasteiger partial charge in [0.25, 0.3) is 0 Å². The molecule has 0 saturated heterocycles. The molecular formula is C13H11BrN2O. The Hall–Kier alpha value is -1.73. The van der Waals surface area contributed by atoms with Crippen LogP contribution in [0.25, 0.3) is 0 Å². The quantitative estimate of drug-likeness (QED) is 0.868. The van der Waals surface area contributed by atoms with Gasteiger partial charge >= 0.3 is 0 Å². The molecule has 0 aliphatic rings. The maximum absolute atomic E-state index is 8.80. The van der Waals surface area contributed by atoms with Crippen LogP contribution in [0.2, 0.25) is 0 Å². The zero-order valence-corrected chi connectivity index (χ0v) is 10.9. The third-order valence-electron chi connectivity index (χ3n) is 2.46. The van der Waals surface area contributed by atoms with E-state index >= 15 is 0 Å². The maximum atomic E-state index is 8.80. The highest BCUT2D eigenvalue weighted by Crippen LogP contribution is 2.27. The van der Waals surface area contributed by atoms with E-state index in [-0.39, 0.29) is 0 Å². The van der Waals surface area contributed by atoms with Crippen LogP contribution in [0.5, 0.6) is 0 Å². The van der Waals surface area contributed by atoms with Crippen molar-refractivity contribution < 1.29 is 4.42 Å². The lowest BCUT2D eigenvalue weighted by Crippen LogP contribution is -2.16. The molecule has 3 nitrogen and oxygen atoms in total. The summed E-state index contributed by atoms with van der Waals surface area (Å²) in [6.45, 7) is 0.692. The fraction of sp³-hybridized carbons (Fsp3) is 0.154. The minimum atomic E-state index is 0.645. The molecular weight excluding hydrogens is 280 g/mol. The molecule has 4 heteroatoms. The van der Waals surface area contributed by atoms with Gasteiger partial charge in [-0.15, -0.1) is 0 Å². The van der Waals surface area contributed by atoms with E-state index in [1.165, 1.54) is 0 Å². The zero-order valence-electron chi connectivity index (χ0n) is 9.35. The fourth-order valence-corrected chi connectivity index (χ4v) is 2.29. The topological polar surface area (TPSA) is 40.2 Å². The lowest BCUT2D eigenvalue weighted by molar-refractivity contribution is 0.507. The van der Waals surface area contributed by atoms with Gasteiger partial charge in [-0.1, -0.05) is 0 Å². The minimum Gasteiger partial charge on any atom is -0.467 e. The number of nitrogens with zero attached hydrogens (tertiary/aromatic N) is 2. The Bertz CT molecular complexity index is 543. The van der Waals surface area contributed by atoms with Crippen molar-refractivity contribution in [2.45, 2.75) is 6.54 Å². The molecule has 0 atom stereocenters. The van der Waals surface area contributed by atoms with Crippen LogP contribution >= 0.6 is 15.9 Å². The van der Waals surface area contributed by atoms with Gasteiger partial charge in [0.05, 0.1) is 30.1 Å².